The van der Waals surface area contributed by atoms with E-state index in [1.54, 1.807) is 37.6 Å². The second kappa shape index (κ2) is 16.0. The number of hydrogen-bond donors (Lipinski definition) is 2. The van der Waals surface area contributed by atoms with Crippen LogP contribution in [-0.2, 0) is 25.7 Å². The Bertz CT molecular complexity index is 1880. The van der Waals surface area contributed by atoms with Crippen LogP contribution in [0.3, 0.4) is 0 Å². The van der Waals surface area contributed by atoms with E-state index in [0.717, 1.165) is 46.8 Å². The van der Waals surface area contributed by atoms with Crippen LogP contribution in [0, 0.1) is 0 Å². The monoisotopic (exact) mass is 650 g/mol. The molecule has 0 atom stereocenters. The molecule has 0 fully saturated rings. The summed E-state index contributed by atoms with van der Waals surface area (Å²) < 4.78 is 23.9. The highest BCUT2D eigenvalue weighted by Gasteiger charge is 2.13. The lowest BCUT2D eigenvalue weighted by molar-refractivity contribution is 0.414. The molecule has 248 valence electrons. The van der Waals surface area contributed by atoms with Crippen molar-refractivity contribution in [1.29, 1.82) is 0 Å². The molecule has 48 heavy (non-hydrogen) atoms. The van der Waals surface area contributed by atoms with Crippen molar-refractivity contribution in [3.05, 3.63) is 141 Å². The molecular formula is C36H38N6O6. The first-order valence-electron chi connectivity index (χ1n) is 15.3. The van der Waals surface area contributed by atoms with E-state index in [-0.39, 0.29) is 11.4 Å². The maximum Gasteiger partial charge on any atom is 0.347 e. The largest absolute Gasteiger partial charge is 0.497 e. The first kappa shape index (κ1) is 33.3. The molecule has 0 unspecified atom stereocenters. The van der Waals surface area contributed by atoms with Crippen molar-refractivity contribution >= 4 is 0 Å². The minimum atomic E-state index is -0.256. The molecule has 2 aromatic heterocycles. The Kier molecular flexibility index (Phi) is 11.1. The van der Waals surface area contributed by atoms with Gasteiger partial charge >= 0.3 is 11.4 Å². The third kappa shape index (κ3) is 8.21. The van der Waals surface area contributed by atoms with Gasteiger partial charge in [-0.15, -0.1) is 0 Å². The second-order valence-electron chi connectivity index (χ2n) is 10.7. The Morgan fingerprint density at radius 3 is 1.23 bits per heavy atom. The van der Waals surface area contributed by atoms with Crippen LogP contribution in [0.4, 0.5) is 0 Å². The van der Waals surface area contributed by atoms with Crippen LogP contribution in [0.5, 0.6) is 23.0 Å². The van der Waals surface area contributed by atoms with E-state index in [1.807, 2.05) is 97.1 Å². The average molecular weight is 651 g/mol. The van der Waals surface area contributed by atoms with Gasteiger partial charge in [-0.2, -0.15) is 10.2 Å². The number of aryl methyl sites for hydroxylation is 4. The zero-order chi connectivity index (χ0) is 33.9. The summed E-state index contributed by atoms with van der Waals surface area (Å²) in [4.78, 5) is 24.2. The highest BCUT2D eigenvalue weighted by atomic mass is 16.5. The van der Waals surface area contributed by atoms with Gasteiger partial charge in [-0.05, 0) is 72.5 Å². The van der Waals surface area contributed by atoms with Gasteiger partial charge < -0.3 is 18.9 Å². The van der Waals surface area contributed by atoms with E-state index in [9.17, 15) is 9.59 Å². The maximum absolute atomic E-state index is 12.1. The molecule has 0 amide bonds. The lowest BCUT2D eigenvalue weighted by atomic mass is 10.1. The Morgan fingerprint density at radius 2 is 0.875 bits per heavy atom. The van der Waals surface area contributed by atoms with Gasteiger partial charge in [-0.25, -0.2) is 28.9 Å². The summed E-state index contributed by atoms with van der Waals surface area (Å²) in [7, 11) is 6.49. The number of benzene rings is 4. The van der Waals surface area contributed by atoms with E-state index in [4.69, 9.17) is 18.9 Å². The van der Waals surface area contributed by atoms with Gasteiger partial charge in [0.2, 0.25) is 0 Å². The lowest BCUT2D eigenvalue weighted by Crippen LogP contribution is -2.17. The van der Waals surface area contributed by atoms with Gasteiger partial charge in [0.15, 0.2) is 0 Å². The molecule has 12 heteroatoms. The number of nitrogens with zero attached hydrogens (tertiary/aromatic N) is 4. The van der Waals surface area contributed by atoms with E-state index < -0.39 is 0 Å². The van der Waals surface area contributed by atoms with Crippen molar-refractivity contribution in [2.75, 3.05) is 28.4 Å². The molecule has 0 aliphatic rings. The number of H-pyrrole nitrogens is 2. The van der Waals surface area contributed by atoms with E-state index in [2.05, 4.69) is 20.4 Å². The number of aromatic nitrogens is 6. The Labute approximate surface area is 277 Å². The Balaban J connectivity index is 0.000000188. The van der Waals surface area contributed by atoms with E-state index in [1.165, 1.54) is 0 Å². The summed E-state index contributed by atoms with van der Waals surface area (Å²) in [5, 5.41) is 13.4. The zero-order valence-electron chi connectivity index (χ0n) is 27.3. The summed E-state index contributed by atoms with van der Waals surface area (Å²) in [6.45, 7) is 0. The van der Waals surface area contributed by atoms with Crippen LogP contribution in [0.15, 0.2) is 107 Å². The first-order chi connectivity index (χ1) is 23.4. The van der Waals surface area contributed by atoms with Crippen LogP contribution < -0.4 is 30.3 Å². The van der Waals surface area contributed by atoms with Crippen molar-refractivity contribution in [2.45, 2.75) is 25.7 Å². The first-order valence-corrected chi connectivity index (χ1v) is 15.3. The quantitative estimate of drug-likeness (QED) is 0.194. The normalized spacial score (nSPS) is 10.6. The fraction of sp³-hybridized carbons (Fsp3) is 0.222. The number of hydrogen-bond acceptors (Lipinski definition) is 8. The van der Waals surface area contributed by atoms with Crippen molar-refractivity contribution < 1.29 is 18.9 Å². The summed E-state index contributed by atoms with van der Waals surface area (Å²) in [6, 6.07) is 30.5. The minimum Gasteiger partial charge on any atom is -0.497 e. The number of rotatable bonds is 12. The average Bonchev–Trinajstić information content (AvgIpc) is 3.71. The maximum atomic E-state index is 12.1. The highest BCUT2D eigenvalue weighted by Crippen LogP contribution is 2.19. The number of ether oxygens (including phenoxy) is 4. The van der Waals surface area contributed by atoms with Gasteiger partial charge in [-0.1, -0.05) is 36.4 Å². The van der Waals surface area contributed by atoms with Crippen molar-refractivity contribution in [3.63, 3.8) is 0 Å². The molecule has 0 aliphatic heterocycles. The molecular weight excluding hydrogens is 612 g/mol. The van der Waals surface area contributed by atoms with Crippen LogP contribution in [0.2, 0.25) is 0 Å². The molecule has 12 nitrogen and oxygen atoms in total. The van der Waals surface area contributed by atoms with Crippen molar-refractivity contribution in [1.82, 2.24) is 29.5 Å². The molecule has 6 aromatic rings. The molecule has 0 spiro atoms. The molecule has 0 aliphatic carbocycles. The smallest absolute Gasteiger partial charge is 0.347 e. The molecule has 6 rings (SSSR count). The summed E-state index contributed by atoms with van der Waals surface area (Å²) in [5.74, 6) is 4.41. The standard InChI is InChI=1S/2C18H19N3O3/c2*1-23-15-9-6-13(7-10-15)8-11-17-19-20-18(22)21(17)14-4-3-5-16(12-14)24-2/h2*3-7,9-10,12H,8,11H2,1-2H3,(H,20,22). The Hall–Kier alpha value is -6.04. The van der Waals surface area contributed by atoms with Crippen molar-refractivity contribution in [2.24, 2.45) is 0 Å². The number of nitrogens with one attached hydrogen (secondary N) is 2. The topological polar surface area (TPSA) is 138 Å². The third-order valence-electron chi connectivity index (χ3n) is 7.70. The van der Waals surface area contributed by atoms with Crippen LogP contribution >= 0.6 is 0 Å². The van der Waals surface area contributed by atoms with Gasteiger partial charge in [0, 0.05) is 25.0 Å². The molecule has 0 bridgehead atoms. The van der Waals surface area contributed by atoms with E-state index in [0.29, 0.717) is 36.0 Å². The van der Waals surface area contributed by atoms with Crippen LogP contribution in [0.25, 0.3) is 11.4 Å². The van der Waals surface area contributed by atoms with Crippen molar-refractivity contribution in [3.8, 4) is 34.4 Å². The summed E-state index contributed by atoms with van der Waals surface area (Å²) >= 11 is 0. The number of aromatic amines is 2. The van der Waals surface area contributed by atoms with Crippen LogP contribution in [0.1, 0.15) is 22.8 Å². The summed E-state index contributed by atoms with van der Waals surface area (Å²) in [5.41, 5.74) is 3.27. The fourth-order valence-corrected chi connectivity index (χ4v) is 5.12. The molecule has 0 saturated heterocycles. The molecule has 0 radical (unpaired) electrons. The summed E-state index contributed by atoms with van der Waals surface area (Å²) in [6.07, 6.45) is 2.83. The lowest BCUT2D eigenvalue weighted by Gasteiger charge is -2.08. The Morgan fingerprint density at radius 1 is 0.500 bits per heavy atom. The molecule has 2 N–H and O–H groups in total. The fourth-order valence-electron chi connectivity index (χ4n) is 5.12. The molecule has 0 saturated carbocycles. The van der Waals surface area contributed by atoms with Crippen LogP contribution in [-0.4, -0.2) is 58.0 Å². The second-order valence-corrected chi connectivity index (χ2v) is 10.7. The SMILES string of the molecule is COc1ccc(CCc2n[nH]c(=O)n2-c2cccc(OC)c2)cc1.COc1ccc(CCc2n[nH]c(=O)n2-c2cccc(OC)c2)cc1. The van der Waals surface area contributed by atoms with Gasteiger partial charge in [-0.3, -0.25) is 0 Å². The van der Waals surface area contributed by atoms with E-state index >= 15 is 0 Å². The van der Waals surface area contributed by atoms with Gasteiger partial charge in [0.1, 0.15) is 34.6 Å². The molecule has 2 heterocycles. The number of methoxy groups -OCH3 is 4. The predicted molar refractivity (Wildman–Crippen MR) is 182 cm³/mol. The zero-order valence-corrected chi connectivity index (χ0v) is 27.3. The minimum absolute atomic E-state index is 0.256. The third-order valence-corrected chi connectivity index (χ3v) is 7.70. The van der Waals surface area contributed by atoms with Gasteiger partial charge in [0.25, 0.3) is 0 Å². The van der Waals surface area contributed by atoms with Gasteiger partial charge in [0.05, 0.1) is 39.8 Å². The molecule has 4 aromatic carbocycles. The predicted octanol–water partition coefficient (Wildman–Crippen LogP) is 4.73. The highest BCUT2D eigenvalue weighted by molar-refractivity contribution is 5.41.